The van der Waals surface area contributed by atoms with E-state index in [4.69, 9.17) is 0 Å². The number of rotatable bonds is 1. The average Bonchev–Trinajstić information content (AvgIpc) is 1.61. The van der Waals surface area contributed by atoms with E-state index >= 15 is 0 Å². The molecule has 0 saturated heterocycles. The third kappa shape index (κ3) is 3.92. The van der Waals surface area contributed by atoms with Crippen LogP contribution in [0, 0.1) is 4.29 Å². The molecule has 1 heteroatoms. The molecule has 0 aromatic rings. The fourth-order valence-corrected chi connectivity index (χ4v) is 0.366. The van der Waals surface area contributed by atoms with Gasteiger partial charge in [0.25, 0.3) is 0 Å². The summed E-state index contributed by atoms with van der Waals surface area (Å²) in [6.45, 7) is 3.48. The van der Waals surface area contributed by atoms with Gasteiger partial charge in [0.1, 0.15) is 0 Å². The Kier molecular flexibility index (Phi) is 4.86. The summed E-state index contributed by atoms with van der Waals surface area (Å²) in [5.41, 5.74) is 0. The summed E-state index contributed by atoms with van der Waals surface area (Å²) in [5, 5.41) is 0. The average molecular weight is 251 g/mol. The quantitative estimate of drug-likeness (QED) is 0.615. The maximum atomic E-state index is 3.48. The van der Waals surface area contributed by atoms with Crippen molar-refractivity contribution in [2.45, 2.75) is 0 Å². The summed E-state index contributed by atoms with van der Waals surface area (Å²) in [4.78, 5) is 0. The van der Waals surface area contributed by atoms with Gasteiger partial charge in [0.2, 0.25) is 0 Å². The molecule has 0 saturated carbocycles. The second-order valence-electron chi connectivity index (χ2n) is 0.704. The first-order chi connectivity index (χ1) is 2.91. The van der Waals surface area contributed by atoms with Gasteiger partial charge in [-0.05, 0) is 0 Å². The van der Waals surface area contributed by atoms with Gasteiger partial charge in [0.05, 0.1) is 0 Å². The van der Waals surface area contributed by atoms with Gasteiger partial charge < -0.3 is 0 Å². The Morgan fingerprint density at radius 3 is 2.50 bits per heavy atom. The molecule has 6 heavy (non-hydrogen) atoms. The molecule has 0 nitrogen and oxygen atoms in total. The Bertz CT molecular complexity index is 95.0. The molecule has 0 aliphatic heterocycles. The normalized spacial score (nSPS) is 8.00. The summed E-state index contributed by atoms with van der Waals surface area (Å²) in [6.07, 6.45) is 5.41. The van der Waals surface area contributed by atoms with E-state index in [0.717, 1.165) is 0 Å². The van der Waals surface area contributed by atoms with Crippen molar-refractivity contribution in [2.75, 3.05) is 0 Å². The number of hydrogen-bond donors (Lipinski definition) is 0. The molecule has 0 fully saturated rings. The predicted molar refractivity (Wildman–Crippen MR) is 23.2 cm³/mol. The standard InChI is InChI=1S/C5H5.Re/c1-3-5-4-2;/h3-5H,1H2;/b5-4-;. The van der Waals surface area contributed by atoms with E-state index < -0.39 is 0 Å². The molecule has 0 rings (SSSR count). The predicted octanol–water partition coefficient (Wildman–Crippen LogP) is 1.23. The summed E-state index contributed by atoms with van der Waals surface area (Å²) in [6, 6.07) is 0. The maximum absolute atomic E-state index is 3.48. The van der Waals surface area contributed by atoms with Gasteiger partial charge in [-0.2, -0.15) is 0 Å². The zero-order chi connectivity index (χ0) is 4.83. The van der Waals surface area contributed by atoms with E-state index in [1.54, 1.807) is 6.08 Å². The van der Waals surface area contributed by atoms with Gasteiger partial charge in [-0.25, -0.2) is 0 Å². The summed E-state index contributed by atoms with van der Waals surface area (Å²) < 4.78 is 2.87. The van der Waals surface area contributed by atoms with Crippen LogP contribution in [-0.4, -0.2) is 0 Å². The van der Waals surface area contributed by atoms with Crippen LogP contribution in [0.1, 0.15) is 0 Å². The third-order valence-corrected chi connectivity index (χ3v) is 0.748. The zero-order valence-corrected chi connectivity index (χ0v) is 6.03. The van der Waals surface area contributed by atoms with Crippen LogP contribution in [0.3, 0.4) is 0 Å². The van der Waals surface area contributed by atoms with E-state index in [-0.39, 0.29) is 0 Å². The first kappa shape index (κ1) is 5.92. The Hall–Kier alpha value is -0.0777. The molecule has 0 atom stereocenters. The van der Waals surface area contributed by atoms with Gasteiger partial charge in [-0.3, -0.25) is 0 Å². The molecular formula is C5H5Re. The van der Waals surface area contributed by atoms with E-state index in [1.165, 1.54) is 18.5 Å². The molecule has 0 unspecified atom stereocenters. The van der Waals surface area contributed by atoms with E-state index in [2.05, 4.69) is 10.9 Å². The topological polar surface area (TPSA) is 0 Å². The van der Waals surface area contributed by atoms with Crippen molar-refractivity contribution >= 4 is 0 Å². The van der Waals surface area contributed by atoms with Crippen molar-refractivity contribution in [2.24, 2.45) is 0 Å². The van der Waals surface area contributed by atoms with Gasteiger partial charge in [0, 0.05) is 0 Å². The molecule has 0 radical (unpaired) electrons. The van der Waals surface area contributed by atoms with Gasteiger partial charge in [-0.15, -0.1) is 0 Å². The third-order valence-electron chi connectivity index (χ3n) is 0.295. The van der Waals surface area contributed by atoms with Crippen LogP contribution in [0.25, 0.3) is 0 Å². The minimum atomic E-state index is 1.52. The Morgan fingerprint density at radius 2 is 2.33 bits per heavy atom. The van der Waals surface area contributed by atoms with Crippen LogP contribution >= 0.6 is 0 Å². The minimum absolute atomic E-state index is 1.52. The fourth-order valence-electron chi connectivity index (χ4n) is 0.104. The van der Waals surface area contributed by atoms with E-state index in [9.17, 15) is 0 Å². The fraction of sp³-hybridized carbons (Fsp3) is 0. The van der Waals surface area contributed by atoms with Crippen LogP contribution in [0.15, 0.2) is 24.8 Å². The summed E-state index contributed by atoms with van der Waals surface area (Å²) >= 11 is 1.52. The van der Waals surface area contributed by atoms with Crippen LogP contribution in [0.5, 0.6) is 0 Å². The Balaban J connectivity index is 3.26. The van der Waals surface area contributed by atoms with Gasteiger partial charge in [-0.1, -0.05) is 0 Å². The molecule has 0 aliphatic carbocycles. The number of allylic oxidation sites excluding steroid dienone is 3. The Labute approximate surface area is 48.1 Å². The van der Waals surface area contributed by atoms with E-state index in [1.807, 2.05) is 12.2 Å². The second kappa shape index (κ2) is 4.92. The zero-order valence-electron chi connectivity index (χ0n) is 3.32. The van der Waals surface area contributed by atoms with Crippen molar-refractivity contribution in [3.63, 3.8) is 0 Å². The molecule has 0 aliphatic rings. The van der Waals surface area contributed by atoms with Crippen molar-refractivity contribution < 1.29 is 18.5 Å². The second-order valence-corrected chi connectivity index (χ2v) is 1.49. The first-order valence-electron chi connectivity index (χ1n) is 1.55. The Morgan fingerprint density at radius 1 is 1.67 bits per heavy atom. The van der Waals surface area contributed by atoms with E-state index in [0.29, 0.717) is 0 Å². The SMILES string of the molecule is C=C/C=C\[C]#[Re]. The molecule has 0 N–H and O–H groups in total. The molecule has 0 aromatic carbocycles. The number of hydrogen-bond acceptors (Lipinski definition) is 0. The molecule has 0 bridgehead atoms. The molecule has 0 spiro atoms. The van der Waals surface area contributed by atoms with Gasteiger partial charge in [0.15, 0.2) is 0 Å². The van der Waals surface area contributed by atoms with Crippen molar-refractivity contribution in [3.8, 4) is 4.29 Å². The summed E-state index contributed by atoms with van der Waals surface area (Å²) in [5.74, 6) is 0. The van der Waals surface area contributed by atoms with Crippen LogP contribution in [0.4, 0.5) is 0 Å². The molecule has 0 amide bonds. The molecule has 0 aromatic heterocycles. The van der Waals surface area contributed by atoms with Crippen molar-refractivity contribution in [1.29, 1.82) is 0 Å². The van der Waals surface area contributed by atoms with Crippen molar-refractivity contribution in [1.82, 2.24) is 0 Å². The molecule has 0 heterocycles. The van der Waals surface area contributed by atoms with Crippen molar-refractivity contribution in [3.05, 3.63) is 24.8 Å². The van der Waals surface area contributed by atoms with Crippen LogP contribution < -0.4 is 0 Å². The molecule has 32 valence electrons. The van der Waals surface area contributed by atoms with Gasteiger partial charge >= 0.3 is 47.6 Å². The monoisotopic (exact) mass is 252 g/mol. The summed E-state index contributed by atoms with van der Waals surface area (Å²) in [7, 11) is 0. The first-order valence-corrected chi connectivity index (χ1v) is 2.91. The van der Waals surface area contributed by atoms with Crippen LogP contribution in [-0.2, 0) is 18.5 Å². The van der Waals surface area contributed by atoms with Crippen LogP contribution in [0.2, 0.25) is 0 Å². The molecular weight excluding hydrogens is 246 g/mol.